The molecule has 0 aliphatic rings. The first kappa shape index (κ1) is 10.6. The summed E-state index contributed by atoms with van der Waals surface area (Å²) in [5, 5.41) is 5.06. The third-order valence-corrected chi connectivity index (χ3v) is 2.96. The summed E-state index contributed by atoms with van der Waals surface area (Å²) in [4.78, 5) is 10.8. The predicted octanol–water partition coefficient (Wildman–Crippen LogP) is 2.48. The van der Waals surface area contributed by atoms with Crippen molar-refractivity contribution in [2.24, 2.45) is 0 Å². The van der Waals surface area contributed by atoms with Gasteiger partial charge < -0.3 is 10.6 Å². The number of urea groups is 1. The van der Waals surface area contributed by atoms with Crippen LogP contribution in [0.4, 0.5) is 4.79 Å². The van der Waals surface area contributed by atoms with Crippen molar-refractivity contribution in [1.29, 1.82) is 0 Å². The van der Waals surface area contributed by atoms with Crippen LogP contribution in [0.25, 0.3) is 0 Å². The van der Waals surface area contributed by atoms with Gasteiger partial charge in [0.15, 0.2) is 0 Å². The van der Waals surface area contributed by atoms with Gasteiger partial charge in [0, 0.05) is 19.2 Å². The highest BCUT2D eigenvalue weighted by Crippen LogP contribution is 2.30. The van der Waals surface area contributed by atoms with Crippen molar-refractivity contribution in [3.05, 3.63) is 20.3 Å². The Balaban J connectivity index is 2.54. The monoisotopic (exact) mass is 238 g/mol. The van der Waals surface area contributed by atoms with Gasteiger partial charge in [-0.05, 0) is 6.07 Å². The van der Waals surface area contributed by atoms with Crippen molar-refractivity contribution in [3.8, 4) is 0 Å². The van der Waals surface area contributed by atoms with Gasteiger partial charge in [-0.25, -0.2) is 4.79 Å². The Morgan fingerprint density at radius 2 is 2.31 bits per heavy atom. The first-order chi connectivity index (χ1) is 6.13. The van der Waals surface area contributed by atoms with Gasteiger partial charge in [-0.1, -0.05) is 23.2 Å². The minimum absolute atomic E-state index is 0.238. The summed E-state index contributed by atoms with van der Waals surface area (Å²) in [6.45, 7) is 0.391. The van der Waals surface area contributed by atoms with Gasteiger partial charge in [-0.2, -0.15) is 0 Å². The number of nitrogens with one attached hydrogen (secondary N) is 2. The van der Waals surface area contributed by atoms with E-state index in [1.54, 1.807) is 13.1 Å². The second-order valence-corrected chi connectivity index (χ2v) is 4.57. The molecule has 0 aliphatic carbocycles. The van der Waals surface area contributed by atoms with E-state index in [1.165, 1.54) is 11.3 Å². The molecule has 72 valence electrons. The molecule has 1 aromatic rings. The Morgan fingerprint density at radius 1 is 1.62 bits per heavy atom. The summed E-state index contributed by atoms with van der Waals surface area (Å²) in [5.74, 6) is 0. The van der Waals surface area contributed by atoms with E-state index in [-0.39, 0.29) is 6.03 Å². The smallest absolute Gasteiger partial charge is 0.314 e. The van der Waals surface area contributed by atoms with Crippen LogP contribution in [-0.2, 0) is 6.54 Å². The molecule has 0 spiro atoms. The lowest BCUT2D eigenvalue weighted by atomic mass is 10.3. The highest BCUT2D eigenvalue weighted by Gasteiger charge is 2.06. The van der Waals surface area contributed by atoms with Gasteiger partial charge in [0.05, 0.1) is 8.67 Å². The van der Waals surface area contributed by atoms with Crippen molar-refractivity contribution in [2.45, 2.75) is 6.54 Å². The SMILES string of the molecule is CNC(=O)NCc1cc(Cl)sc1Cl. The fourth-order valence-corrected chi connectivity index (χ4v) is 2.25. The lowest BCUT2D eigenvalue weighted by molar-refractivity contribution is 0.242. The zero-order valence-electron chi connectivity index (χ0n) is 6.86. The molecule has 0 saturated heterocycles. The highest BCUT2D eigenvalue weighted by molar-refractivity contribution is 7.20. The Bertz CT molecular complexity index is 313. The maximum atomic E-state index is 10.8. The van der Waals surface area contributed by atoms with E-state index in [4.69, 9.17) is 23.2 Å². The van der Waals surface area contributed by atoms with Crippen molar-refractivity contribution in [3.63, 3.8) is 0 Å². The first-order valence-electron chi connectivity index (χ1n) is 3.52. The largest absolute Gasteiger partial charge is 0.341 e. The molecule has 1 aromatic heterocycles. The van der Waals surface area contributed by atoms with Crippen LogP contribution < -0.4 is 10.6 Å². The average molecular weight is 239 g/mol. The fourth-order valence-electron chi connectivity index (χ4n) is 0.759. The maximum absolute atomic E-state index is 10.8. The van der Waals surface area contributed by atoms with Crippen LogP contribution in [0.2, 0.25) is 8.67 Å². The average Bonchev–Trinajstić information content (AvgIpc) is 2.41. The number of halogens is 2. The van der Waals surface area contributed by atoms with Gasteiger partial charge in [0.2, 0.25) is 0 Å². The van der Waals surface area contributed by atoms with E-state index in [0.29, 0.717) is 15.2 Å². The Labute approximate surface area is 90.0 Å². The zero-order valence-corrected chi connectivity index (χ0v) is 9.19. The molecule has 1 rings (SSSR count). The van der Waals surface area contributed by atoms with E-state index in [0.717, 1.165) is 5.56 Å². The standard InChI is InChI=1S/C7H8Cl2N2OS/c1-10-7(12)11-3-4-2-5(8)13-6(4)9/h2H,3H2,1H3,(H2,10,11,12). The molecule has 0 bridgehead atoms. The van der Waals surface area contributed by atoms with Crippen LogP contribution in [0.1, 0.15) is 5.56 Å². The summed E-state index contributed by atoms with van der Waals surface area (Å²) >= 11 is 12.8. The summed E-state index contributed by atoms with van der Waals surface area (Å²) in [7, 11) is 1.55. The molecule has 0 aromatic carbocycles. The number of thiophene rings is 1. The third-order valence-electron chi connectivity index (χ3n) is 1.39. The minimum atomic E-state index is -0.238. The molecular weight excluding hydrogens is 231 g/mol. The summed E-state index contributed by atoms with van der Waals surface area (Å²) in [5.41, 5.74) is 0.834. The van der Waals surface area contributed by atoms with Crippen LogP contribution in [0.3, 0.4) is 0 Å². The van der Waals surface area contributed by atoms with Crippen LogP contribution in [0.15, 0.2) is 6.07 Å². The molecule has 0 radical (unpaired) electrons. The first-order valence-corrected chi connectivity index (χ1v) is 5.10. The maximum Gasteiger partial charge on any atom is 0.314 e. The molecule has 0 fully saturated rings. The van der Waals surface area contributed by atoms with E-state index >= 15 is 0 Å². The fraction of sp³-hybridized carbons (Fsp3) is 0.286. The number of carbonyl (C=O) groups is 1. The minimum Gasteiger partial charge on any atom is -0.341 e. The van der Waals surface area contributed by atoms with Crippen molar-refractivity contribution < 1.29 is 4.79 Å². The molecule has 6 heteroatoms. The van der Waals surface area contributed by atoms with Crippen molar-refractivity contribution in [2.75, 3.05) is 7.05 Å². The second kappa shape index (κ2) is 4.69. The number of carbonyl (C=O) groups excluding carboxylic acids is 1. The molecule has 2 N–H and O–H groups in total. The summed E-state index contributed by atoms with van der Waals surface area (Å²) in [6.07, 6.45) is 0. The molecular formula is C7H8Cl2N2OS. The van der Waals surface area contributed by atoms with E-state index in [2.05, 4.69) is 10.6 Å². The second-order valence-electron chi connectivity index (χ2n) is 2.28. The summed E-state index contributed by atoms with van der Waals surface area (Å²) < 4.78 is 1.24. The van der Waals surface area contributed by atoms with E-state index in [9.17, 15) is 4.79 Å². The lowest BCUT2D eigenvalue weighted by Gasteiger charge is -2.01. The molecule has 2 amide bonds. The lowest BCUT2D eigenvalue weighted by Crippen LogP contribution is -2.31. The number of hydrogen-bond donors (Lipinski definition) is 2. The molecule has 1 heterocycles. The molecule has 3 nitrogen and oxygen atoms in total. The number of hydrogen-bond acceptors (Lipinski definition) is 2. The van der Waals surface area contributed by atoms with Crippen molar-refractivity contribution in [1.82, 2.24) is 10.6 Å². The van der Waals surface area contributed by atoms with Crippen LogP contribution in [0, 0.1) is 0 Å². The Hall–Kier alpha value is -0.450. The van der Waals surface area contributed by atoms with Gasteiger partial charge in [0.1, 0.15) is 0 Å². The normalized spacial score (nSPS) is 9.77. The van der Waals surface area contributed by atoms with Crippen LogP contribution in [0.5, 0.6) is 0 Å². The van der Waals surface area contributed by atoms with Crippen LogP contribution >= 0.6 is 34.5 Å². The number of rotatable bonds is 2. The van der Waals surface area contributed by atoms with Gasteiger partial charge >= 0.3 is 6.03 Å². The van der Waals surface area contributed by atoms with Gasteiger partial charge in [-0.15, -0.1) is 11.3 Å². The highest BCUT2D eigenvalue weighted by atomic mass is 35.5. The molecule has 0 aliphatic heterocycles. The third kappa shape index (κ3) is 3.06. The predicted molar refractivity (Wildman–Crippen MR) is 55.6 cm³/mol. The van der Waals surface area contributed by atoms with Crippen LogP contribution in [-0.4, -0.2) is 13.1 Å². The zero-order chi connectivity index (χ0) is 9.84. The van der Waals surface area contributed by atoms with Gasteiger partial charge in [-0.3, -0.25) is 0 Å². The number of amides is 2. The molecule has 0 atom stereocenters. The summed E-state index contributed by atoms with van der Waals surface area (Å²) in [6, 6.07) is 1.50. The Kier molecular flexibility index (Phi) is 3.84. The Morgan fingerprint density at radius 3 is 2.77 bits per heavy atom. The van der Waals surface area contributed by atoms with E-state index in [1.807, 2.05) is 0 Å². The molecule has 0 saturated carbocycles. The van der Waals surface area contributed by atoms with E-state index < -0.39 is 0 Å². The molecule has 13 heavy (non-hydrogen) atoms. The van der Waals surface area contributed by atoms with Gasteiger partial charge in [0.25, 0.3) is 0 Å². The molecule has 0 unspecified atom stereocenters. The topological polar surface area (TPSA) is 41.1 Å². The van der Waals surface area contributed by atoms with Crippen molar-refractivity contribution >= 4 is 40.6 Å². The quantitative estimate of drug-likeness (QED) is 0.817.